The Labute approximate surface area is 276 Å². The van der Waals surface area contributed by atoms with Crippen molar-refractivity contribution in [2.75, 3.05) is 34.0 Å². The third-order valence-corrected chi connectivity index (χ3v) is 8.75. The molecule has 4 N–H and O–H groups in total. The van der Waals surface area contributed by atoms with Gasteiger partial charge in [0.2, 0.25) is 12.5 Å². The van der Waals surface area contributed by atoms with Gasteiger partial charge >= 0.3 is 13.8 Å². The van der Waals surface area contributed by atoms with Gasteiger partial charge in [0.05, 0.1) is 50.2 Å². The van der Waals surface area contributed by atoms with Gasteiger partial charge in [0.25, 0.3) is 0 Å². The van der Waals surface area contributed by atoms with Crippen LogP contribution in [0, 0.1) is 11.8 Å². The van der Waals surface area contributed by atoms with Crippen LogP contribution in [0.3, 0.4) is 0 Å². The monoisotopic (exact) mass is 678 g/mol. The summed E-state index contributed by atoms with van der Waals surface area (Å²) in [7, 11) is -12.3. The number of carbonyl (C=O) groups excluding carboxylic acids is 1. The Hall–Kier alpha value is -3.18. The zero-order valence-electron chi connectivity index (χ0n) is 33.4. The van der Waals surface area contributed by atoms with Crippen molar-refractivity contribution in [2.24, 2.45) is 11.8 Å². The van der Waals surface area contributed by atoms with E-state index in [1.165, 1.54) is 12.1 Å². The third-order valence-electron chi connectivity index (χ3n) is 8.33. The van der Waals surface area contributed by atoms with Gasteiger partial charge in [-0.3, -0.25) is 14.6 Å². The lowest BCUT2D eigenvalue weighted by atomic mass is 9.66. The van der Waals surface area contributed by atoms with Crippen LogP contribution in [0.4, 0.5) is 0 Å². The fraction of sp³-hybridized carbons (Fsp3) is 0.552. The second kappa shape index (κ2) is 11.8. The van der Waals surface area contributed by atoms with E-state index in [9.17, 15) is 29.4 Å². The highest BCUT2D eigenvalue weighted by molar-refractivity contribution is 7.46. The number of rotatable bonds is 7. The number of carbonyl (C=O) groups is 1. The van der Waals surface area contributed by atoms with E-state index in [2.05, 4.69) is 4.52 Å². The van der Waals surface area contributed by atoms with Gasteiger partial charge in [-0.2, -0.15) is 0 Å². The summed E-state index contributed by atoms with van der Waals surface area (Å²) >= 11 is 0. The number of ether oxygens (including phenoxy) is 9. The fourth-order valence-electron chi connectivity index (χ4n) is 6.41. The van der Waals surface area contributed by atoms with Crippen molar-refractivity contribution in [3.63, 3.8) is 0 Å². The van der Waals surface area contributed by atoms with E-state index >= 15 is 0 Å². The van der Waals surface area contributed by atoms with Gasteiger partial charge in [-0.1, -0.05) is 0 Å². The van der Waals surface area contributed by atoms with E-state index in [-0.39, 0.29) is 34.8 Å². The summed E-state index contributed by atoms with van der Waals surface area (Å²) in [6.07, 6.45) is -9.64. The van der Waals surface area contributed by atoms with E-state index in [1.807, 2.05) is 0 Å². The Morgan fingerprint density at radius 2 is 1.67 bits per heavy atom. The lowest BCUT2D eigenvalue weighted by molar-refractivity contribution is -0.364. The van der Waals surface area contributed by atoms with Gasteiger partial charge in [-0.05, 0) is 47.9 Å². The number of hydrogen-bond donors (Lipinski definition) is 4. The van der Waals surface area contributed by atoms with E-state index in [4.69, 9.17) is 56.3 Å². The smallest absolute Gasteiger partial charge is 0.493 e. The molecule has 2 aromatic rings. The Balaban J connectivity index is 1.43. The molecule has 0 spiro atoms. The number of cyclic esters (lactones) is 1. The molecule has 10 atom stereocenters. The van der Waals surface area contributed by atoms with Crippen LogP contribution in [0.15, 0.2) is 24.3 Å². The predicted molar refractivity (Wildman–Crippen MR) is 149 cm³/mol. The quantitative estimate of drug-likeness (QED) is 0.239. The van der Waals surface area contributed by atoms with Gasteiger partial charge in [0.15, 0.2) is 35.6 Å². The number of phosphoric acid groups is 1. The van der Waals surface area contributed by atoms with Crippen molar-refractivity contribution in [3.05, 3.63) is 41.0 Å². The first-order valence-corrected chi connectivity index (χ1v) is 15.3. The maximum Gasteiger partial charge on any atom is 0.525 e. The molecule has 46 heavy (non-hydrogen) atoms. The maximum atomic E-state index is 13.9. The zero-order chi connectivity index (χ0) is 41.1. The summed E-state index contributed by atoms with van der Waals surface area (Å²) in [4.78, 5) is 33.2. The molecule has 0 unspecified atom stereocenters. The van der Waals surface area contributed by atoms with Crippen LogP contribution in [0.25, 0.3) is 0 Å². The number of fused-ring (bicyclic) bond motifs is 4. The number of phosphoric ester groups is 1. The molecule has 17 heteroatoms. The largest absolute Gasteiger partial charge is 0.525 e. The molecule has 0 aromatic heterocycles. The number of aliphatic hydroxyl groups excluding tert-OH is 2. The Morgan fingerprint density at radius 3 is 2.35 bits per heavy atom. The van der Waals surface area contributed by atoms with Crippen LogP contribution in [0.1, 0.15) is 49.3 Å². The highest BCUT2D eigenvalue weighted by atomic mass is 31.2. The molecule has 1 aliphatic carbocycles. The lowest BCUT2D eigenvalue weighted by Gasteiger charge is -2.47. The van der Waals surface area contributed by atoms with Crippen molar-refractivity contribution in [3.8, 4) is 28.7 Å². The molecule has 4 aliphatic heterocycles. The SMILES string of the molecule is [2H]C([2H])([2H])Oc1cc([C@@H]2c3cc4c(cc3[C@@H](O[C@@H]3O[C@@H]5CO[C@@H](C)O[C@H]5[C@H](O)[C@H]3O)[C@@H]3[C@@H]2C(=O)OC3([2H])[2H])OC([2H])([2H])O4)cc(OC([2H])([2H])[2H])c1OP(=O)(O)O. The highest BCUT2D eigenvalue weighted by Crippen LogP contribution is 2.57. The second-order valence-electron chi connectivity index (χ2n) is 11.0. The van der Waals surface area contributed by atoms with Crippen LogP contribution < -0.4 is 23.5 Å². The number of aliphatic hydroxyl groups is 2. The molecule has 0 amide bonds. The molecule has 16 nitrogen and oxygen atoms in total. The van der Waals surface area contributed by atoms with Gasteiger partial charge in [-0.25, -0.2) is 4.57 Å². The highest BCUT2D eigenvalue weighted by Gasteiger charge is 2.56. The van der Waals surface area contributed by atoms with Crippen molar-refractivity contribution < 1.29 is 90.2 Å². The molecule has 5 aliphatic rings. The minimum absolute atomic E-state index is 0.0452. The molecule has 4 heterocycles. The van der Waals surface area contributed by atoms with Crippen LogP contribution in [-0.2, 0) is 33.0 Å². The van der Waals surface area contributed by atoms with E-state index in [0.29, 0.717) is 0 Å². The fourth-order valence-corrected chi connectivity index (χ4v) is 6.83. The van der Waals surface area contributed by atoms with Crippen LogP contribution in [-0.4, -0.2) is 97.0 Å². The molecular weight excluding hydrogens is 635 g/mol. The maximum absolute atomic E-state index is 13.9. The summed E-state index contributed by atoms with van der Waals surface area (Å²) < 4.78 is 146. The minimum atomic E-state index is -5.59. The summed E-state index contributed by atoms with van der Waals surface area (Å²) in [6, 6.07) is 4.07. The first-order valence-electron chi connectivity index (χ1n) is 18.7. The van der Waals surface area contributed by atoms with Crippen LogP contribution >= 0.6 is 7.82 Å². The molecule has 2 aromatic carbocycles. The van der Waals surface area contributed by atoms with Crippen LogP contribution in [0.2, 0.25) is 0 Å². The summed E-state index contributed by atoms with van der Waals surface area (Å²) in [5.74, 6) is -9.81. The summed E-state index contributed by atoms with van der Waals surface area (Å²) in [5.41, 5.74) is -0.399. The number of hydrogen-bond acceptors (Lipinski definition) is 14. The average Bonchev–Trinajstić information content (AvgIpc) is 3.47. The molecular formula is C29H33O16P. The van der Waals surface area contributed by atoms with Crippen LogP contribution in [0.5, 0.6) is 28.7 Å². The predicted octanol–water partition coefficient (Wildman–Crippen LogP) is 1.10. The molecule has 250 valence electrons. The molecule has 3 saturated heterocycles. The average molecular weight is 679 g/mol. The third kappa shape index (κ3) is 5.37. The van der Waals surface area contributed by atoms with Crippen molar-refractivity contribution in [2.45, 2.75) is 55.9 Å². The zero-order valence-corrected chi connectivity index (χ0v) is 24.3. The molecule has 0 saturated carbocycles. The van der Waals surface area contributed by atoms with Gasteiger partial charge in [-0.15, -0.1) is 0 Å². The lowest BCUT2D eigenvalue weighted by Crippen LogP contribution is -2.63. The molecule has 0 radical (unpaired) electrons. The molecule has 0 bridgehead atoms. The van der Waals surface area contributed by atoms with Gasteiger partial charge < -0.3 is 57.4 Å². The minimum Gasteiger partial charge on any atom is -0.493 e. The summed E-state index contributed by atoms with van der Waals surface area (Å²) in [5, 5.41) is 22.2. The Kier molecular flexibility index (Phi) is 5.56. The van der Waals surface area contributed by atoms with E-state index in [1.54, 1.807) is 6.92 Å². The molecule has 7 rings (SSSR count). The Morgan fingerprint density at radius 1 is 0.978 bits per heavy atom. The van der Waals surface area contributed by atoms with Crippen molar-refractivity contribution in [1.82, 2.24) is 0 Å². The standard InChI is InChI=1S/C29H33O16P/c1-11-38-9-20-27(42-11)23(30)24(31)29(43-20)44-25-14-7-17-16(40-10-41-17)6-13(14)21(22-15(25)8-39-28(22)32)12-4-18(36-2)26(19(5-12)37-3)45-46(33,34)35/h4-7,11,15,20-25,27,29-31H,8-10H2,1-3H3,(H2,33,34,35)/t11-,15+,20-,21-,22+,23-,24-,25-,27-,29+/m1/s1/i2D3,3D3,8D2,10D2. The molecule has 3 fully saturated rings. The van der Waals surface area contributed by atoms with Crippen molar-refractivity contribution in [1.29, 1.82) is 0 Å². The normalized spacial score (nSPS) is 40.6. The van der Waals surface area contributed by atoms with E-state index < -0.39 is 119 Å². The Bertz CT molecular complexity index is 1900. The van der Waals surface area contributed by atoms with Gasteiger partial charge in [0.1, 0.15) is 27.2 Å². The first kappa shape index (κ1) is 21.6. The topological polar surface area (TPSA) is 207 Å². The van der Waals surface area contributed by atoms with Crippen molar-refractivity contribution >= 4 is 13.8 Å². The number of methoxy groups -OCH3 is 2. The number of benzene rings is 2. The number of esters is 1. The van der Waals surface area contributed by atoms with Gasteiger partial charge in [0, 0.05) is 11.8 Å². The summed E-state index contributed by atoms with van der Waals surface area (Å²) in [6.45, 7) is -4.18. The first-order chi connectivity index (χ1) is 25.7. The second-order valence-corrected chi connectivity index (χ2v) is 12.2. The van der Waals surface area contributed by atoms with E-state index in [0.717, 1.165) is 12.1 Å².